The van der Waals surface area contributed by atoms with Crippen LogP contribution in [-0.2, 0) is 0 Å². The molecule has 0 saturated carbocycles. The molecule has 1 saturated heterocycles. The molecular formula is C15H23N3O2. The molecule has 1 aromatic rings. The summed E-state index contributed by atoms with van der Waals surface area (Å²) in [7, 11) is 0. The van der Waals surface area contributed by atoms with Crippen molar-refractivity contribution >= 4 is 11.7 Å². The van der Waals surface area contributed by atoms with E-state index in [9.17, 15) is 9.90 Å². The SMILES string of the molecule is CCNc1ccc(C(=O)N2CCCC(C)(O)CC2)cn1. The van der Waals surface area contributed by atoms with Crippen LogP contribution in [0.4, 0.5) is 5.82 Å². The van der Waals surface area contributed by atoms with E-state index in [1.165, 1.54) is 0 Å². The fourth-order valence-electron chi connectivity index (χ4n) is 2.46. The number of likely N-dealkylation sites (tertiary alicyclic amines) is 1. The van der Waals surface area contributed by atoms with Crippen molar-refractivity contribution < 1.29 is 9.90 Å². The molecule has 1 atom stereocenters. The number of nitrogens with one attached hydrogen (secondary N) is 1. The van der Waals surface area contributed by atoms with E-state index in [-0.39, 0.29) is 5.91 Å². The molecule has 0 spiro atoms. The highest BCUT2D eigenvalue weighted by Crippen LogP contribution is 2.22. The van der Waals surface area contributed by atoms with Gasteiger partial charge < -0.3 is 15.3 Å². The van der Waals surface area contributed by atoms with Crippen LogP contribution >= 0.6 is 0 Å². The minimum absolute atomic E-state index is 0.00162. The van der Waals surface area contributed by atoms with Crippen LogP contribution in [0.5, 0.6) is 0 Å². The molecule has 5 heteroatoms. The van der Waals surface area contributed by atoms with E-state index in [0.717, 1.165) is 25.2 Å². The zero-order chi connectivity index (χ0) is 14.6. The molecule has 110 valence electrons. The van der Waals surface area contributed by atoms with Crippen LogP contribution in [0, 0.1) is 0 Å². The number of amides is 1. The number of hydrogen-bond donors (Lipinski definition) is 2. The van der Waals surface area contributed by atoms with Gasteiger partial charge in [0.2, 0.25) is 0 Å². The molecule has 2 heterocycles. The third kappa shape index (κ3) is 3.70. The molecule has 1 aliphatic rings. The predicted octanol–water partition coefficient (Wildman–Crippen LogP) is 1.89. The van der Waals surface area contributed by atoms with E-state index in [1.807, 2.05) is 24.8 Å². The maximum absolute atomic E-state index is 12.4. The van der Waals surface area contributed by atoms with Gasteiger partial charge in [-0.05, 0) is 45.2 Å². The van der Waals surface area contributed by atoms with Gasteiger partial charge in [-0.1, -0.05) is 0 Å². The number of aliphatic hydroxyl groups is 1. The normalized spacial score (nSPS) is 23.2. The molecule has 2 N–H and O–H groups in total. The van der Waals surface area contributed by atoms with Crippen molar-refractivity contribution in [3.8, 4) is 0 Å². The van der Waals surface area contributed by atoms with E-state index < -0.39 is 5.60 Å². The van der Waals surface area contributed by atoms with Crippen LogP contribution in [0.2, 0.25) is 0 Å². The summed E-state index contributed by atoms with van der Waals surface area (Å²) in [5.74, 6) is 0.779. The lowest BCUT2D eigenvalue weighted by Crippen LogP contribution is -2.33. The molecule has 0 radical (unpaired) electrons. The van der Waals surface area contributed by atoms with Crippen LogP contribution in [0.15, 0.2) is 18.3 Å². The van der Waals surface area contributed by atoms with Gasteiger partial charge >= 0.3 is 0 Å². The van der Waals surface area contributed by atoms with Crippen molar-refractivity contribution in [3.05, 3.63) is 23.9 Å². The molecule has 1 aromatic heterocycles. The van der Waals surface area contributed by atoms with Crippen LogP contribution in [0.3, 0.4) is 0 Å². The lowest BCUT2D eigenvalue weighted by atomic mass is 9.98. The Bertz CT molecular complexity index is 457. The number of anilines is 1. The summed E-state index contributed by atoms with van der Waals surface area (Å²) in [6, 6.07) is 3.63. The van der Waals surface area contributed by atoms with Gasteiger partial charge in [0.15, 0.2) is 0 Å². The number of aromatic nitrogens is 1. The van der Waals surface area contributed by atoms with Crippen LogP contribution < -0.4 is 5.32 Å². The largest absolute Gasteiger partial charge is 0.390 e. The summed E-state index contributed by atoms with van der Waals surface area (Å²) in [6.45, 7) is 5.95. The second-order valence-corrected chi connectivity index (χ2v) is 5.61. The van der Waals surface area contributed by atoms with E-state index >= 15 is 0 Å². The summed E-state index contributed by atoms with van der Waals surface area (Å²) in [5.41, 5.74) is -0.0458. The molecule has 20 heavy (non-hydrogen) atoms. The first-order valence-electron chi connectivity index (χ1n) is 7.23. The Morgan fingerprint density at radius 1 is 1.45 bits per heavy atom. The first kappa shape index (κ1) is 14.8. The first-order chi connectivity index (χ1) is 9.52. The number of carbonyl (C=O) groups is 1. The van der Waals surface area contributed by atoms with Gasteiger partial charge in [0, 0.05) is 25.8 Å². The van der Waals surface area contributed by atoms with Gasteiger partial charge in [-0.25, -0.2) is 4.98 Å². The minimum Gasteiger partial charge on any atom is -0.390 e. The van der Waals surface area contributed by atoms with Crippen LogP contribution in [0.25, 0.3) is 0 Å². The Morgan fingerprint density at radius 3 is 2.90 bits per heavy atom. The second-order valence-electron chi connectivity index (χ2n) is 5.61. The smallest absolute Gasteiger partial charge is 0.255 e. The first-order valence-corrected chi connectivity index (χ1v) is 7.23. The minimum atomic E-state index is -0.651. The molecule has 1 aliphatic heterocycles. The molecule has 0 bridgehead atoms. The van der Waals surface area contributed by atoms with Crippen LogP contribution in [-0.4, -0.2) is 46.1 Å². The number of rotatable bonds is 3. The van der Waals surface area contributed by atoms with E-state index in [4.69, 9.17) is 0 Å². The third-order valence-electron chi connectivity index (χ3n) is 3.72. The zero-order valence-corrected chi connectivity index (χ0v) is 12.2. The fourth-order valence-corrected chi connectivity index (χ4v) is 2.46. The monoisotopic (exact) mass is 277 g/mol. The van der Waals surface area contributed by atoms with Gasteiger partial charge in [0.05, 0.1) is 11.2 Å². The Morgan fingerprint density at radius 2 is 2.25 bits per heavy atom. The zero-order valence-electron chi connectivity index (χ0n) is 12.2. The van der Waals surface area contributed by atoms with Gasteiger partial charge in [0.1, 0.15) is 5.82 Å². The molecule has 5 nitrogen and oxygen atoms in total. The molecule has 2 rings (SSSR count). The highest BCUT2D eigenvalue weighted by atomic mass is 16.3. The van der Waals surface area contributed by atoms with Gasteiger partial charge in [-0.3, -0.25) is 4.79 Å². The summed E-state index contributed by atoms with van der Waals surface area (Å²) < 4.78 is 0. The number of nitrogens with zero attached hydrogens (tertiary/aromatic N) is 2. The second kappa shape index (κ2) is 6.22. The van der Waals surface area contributed by atoms with Gasteiger partial charge in [0.25, 0.3) is 5.91 Å². The third-order valence-corrected chi connectivity index (χ3v) is 3.72. The van der Waals surface area contributed by atoms with Crippen molar-refractivity contribution in [3.63, 3.8) is 0 Å². The maximum Gasteiger partial charge on any atom is 0.255 e. The van der Waals surface area contributed by atoms with Crippen molar-refractivity contribution in [2.24, 2.45) is 0 Å². The standard InChI is InChI=1S/C15H23N3O2/c1-3-16-13-6-5-12(11-17-13)14(19)18-9-4-7-15(2,20)8-10-18/h5-6,11,20H,3-4,7-10H2,1-2H3,(H,16,17). The Labute approximate surface area is 120 Å². The molecule has 0 aromatic carbocycles. The summed E-state index contributed by atoms with van der Waals surface area (Å²) in [4.78, 5) is 18.5. The molecular weight excluding hydrogens is 254 g/mol. The highest BCUT2D eigenvalue weighted by Gasteiger charge is 2.27. The van der Waals surface area contributed by atoms with E-state index in [2.05, 4.69) is 10.3 Å². The Hall–Kier alpha value is -1.62. The molecule has 0 aliphatic carbocycles. The van der Waals surface area contributed by atoms with Crippen molar-refractivity contribution in [1.29, 1.82) is 0 Å². The molecule has 1 amide bonds. The van der Waals surface area contributed by atoms with Gasteiger partial charge in [-0.2, -0.15) is 0 Å². The number of pyridine rings is 1. The average Bonchev–Trinajstić information content (AvgIpc) is 2.60. The lowest BCUT2D eigenvalue weighted by Gasteiger charge is -2.22. The molecule has 1 fully saturated rings. The quantitative estimate of drug-likeness (QED) is 0.885. The van der Waals surface area contributed by atoms with Crippen molar-refractivity contribution in [2.75, 3.05) is 25.0 Å². The number of hydrogen-bond acceptors (Lipinski definition) is 4. The highest BCUT2D eigenvalue weighted by molar-refractivity contribution is 5.94. The fraction of sp³-hybridized carbons (Fsp3) is 0.600. The van der Waals surface area contributed by atoms with Crippen molar-refractivity contribution in [2.45, 2.75) is 38.7 Å². The maximum atomic E-state index is 12.4. The average molecular weight is 277 g/mol. The Kier molecular flexibility index (Phi) is 4.60. The summed E-state index contributed by atoms with van der Waals surface area (Å²) >= 11 is 0. The summed E-state index contributed by atoms with van der Waals surface area (Å²) in [6.07, 6.45) is 3.82. The summed E-state index contributed by atoms with van der Waals surface area (Å²) in [5, 5.41) is 13.2. The predicted molar refractivity (Wildman–Crippen MR) is 78.8 cm³/mol. The number of carbonyl (C=O) groups excluding carboxylic acids is 1. The lowest BCUT2D eigenvalue weighted by molar-refractivity contribution is 0.0438. The van der Waals surface area contributed by atoms with E-state index in [0.29, 0.717) is 25.1 Å². The topological polar surface area (TPSA) is 65.5 Å². The molecule has 1 unspecified atom stereocenters. The van der Waals surface area contributed by atoms with Gasteiger partial charge in [-0.15, -0.1) is 0 Å². The Balaban J connectivity index is 2.03. The van der Waals surface area contributed by atoms with E-state index in [1.54, 1.807) is 12.3 Å². The van der Waals surface area contributed by atoms with Crippen molar-refractivity contribution in [1.82, 2.24) is 9.88 Å². The van der Waals surface area contributed by atoms with Crippen LogP contribution in [0.1, 0.15) is 43.5 Å².